The van der Waals surface area contributed by atoms with Gasteiger partial charge in [0.15, 0.2) is 11.5 Å². The molecular weight excluding hydrogens is 389 g/mol. The Labute approximate surface area is 171 Å². The molecule has 3 aromatic rings. The predicted molar refractivity (Wildman–Crippen MR) is 103 cm³/mol. The van der Waals surface area contributed by atoms with Crippen molar-refractivity contribution < 1.29 is 14.0 Å². The van der Waals surface area contributed by atoms with E-state index in [-0.39, 0.29) is 18.4 Å². The average Bonchev–Trinajstić information content (AvgIpc) is 3.47. The first-order valence-electron chi connectivity index (χ1n) is 9.90. The maximum absolute atomic E-state index is 13.4. The molecule has 0 unspecified atom stereocenters. The van der Waals surface area contributed by atoms with Crippen molar-refractivity contribution in [1.29, 1.82) is 0 Å². The van der Waals surface area contributed by atoms with Crippen LogP contribution in [0.4, 0.5) is 4.39 Å². The standard InChI is InChI=1S/C20H20FN7O2/c21-13-4-1-3-12(9-13)20(30)27-8-6-14-15(11-27)23-26-18(14)19(29)22-10-17-25-24-16-5-2-7-28(16)17/h1,3-4,9H,2,5-8,10-11H2,(H,22,29)(H,23,26). The van der Waals surface area contributed by atoms with Gasteiger partial charge in [0.2, 0.25) is 0 Å². The second kappa shape index (κ2) is 7.36. The van der Waals surface area contributed by atoms with E-state index in [2.05, 4.69) is 25.7 Å². The Morgan fingerprint density at radius 2 is 2.10 bits per heavy atom. The van der Waals surface area contributed by atoms with Crippen molar-refractivity contribution in [2.24, 2.45) is 0 Å². The molecule has 1 aromatic carbocycles. The van der Waals surface area contributed by atoms with E-state index in [0.717, 1.165) is 42.3 Å². The van der Waals surface area contributed by atoms with E-state index in [0.29, 0.717) is 30.8 Å². The third kappa shape index (κ3) is 3.23. The summed E-state index contributed by atoms with van der Waals surface area (Å²) in [5.74, 6) is 0.720. The van der Waals surface area contributed by atoms with Gasteiger partial charge in [-0.2, -0.15) is 5.10 Å². The summed E-state index contributed by atoms with van der Waals surface area (Å²) >= 11 is 0. The second-order valence-electron chi connectivity index (χ2n) is 7.49. The first kappa shape index (κ1) is 18.5. The minimum atomic E-state index is -0.447. The number of nitrogens with one attached hydrogen (secondary N) is 2. The summed E-state index contributed by atoms with van der Waals surface area (Å²) < 4.78 is 15.5. The number of hydrogen-bond acceptors (Lipinski definition) is 5. The minimum absolute atomic E-state index is 0.249. The van der Waals surface area contributed by atoms with Gasteiger partial charge in [-0.15, -0.1) is 10.2 Å². The summed E-state index contributed by atoms with van der Waals surface area (Å²) in [6.07, 6.45) is 2.46. The molecule has 9 nitrogen and oxygen atoms in total. The number of aryl methyl sites for hydroxylation is 1. The van der Waals surface area contributed by atoms with Crippen LogP contribution in [0.25, 0.3) is 0 Å². The number of benzene rings is 1. The maximum atomic E-state index is 13.4. The molecule has 2 aliphatic rings. The molecule has 154 valence electrons. The van der Waals surface area contributed by atoms with E-state index >= 15 is 0 Å². The lowest BCUT2D eigenvalue weighted by Crippen LogP contribution is -2.36. The van der Waals surface area contributed by atoms with E-state index in [1.807, 2.05) is 4.57 Å². The van der Waals surface area contributed by atoms with Crippen molar-refractivity contribution >= 4 is 11.8 Å². The lowest BCUT2D eigenvalue weighted by molar-refractivity contribution is 0.0732. The Bertz CT molecular complexity index is 1140. The van der Waals surface area contributed by atoms with Crippen LogP contribution >= 0.6 is 0 Å². The molecule has 4 heterocycles. The van der Waals surface area contributed by atoms with Crippen molar-refractivity contribution in [3.8, 4) is 0 Å². The summed E-state index contributed by atoms with van der Waals surface area (Å²) in [4.78, 5) is 27.0. The van der Waals surface area contributed by atoms with Crippen molar-refractivity contribution in [1.82, 2.24) is 35.2 Å². The van der Waals surface area contributed by atoms with E-state index in [9.17, 15) is 14.0 Å². The van der Waals surface area contributed by atoms with Gasteiger partial charge in [-0.25, -0.2) is 4.39 Å². The van der Waals surface area contributed by atoms with E-state index in [1.54, 1.807) is 11.0 Å². The minimum Gasteiger partial charge on any atom is -0.343 e. The van der Waals surface area contributed by atoms with Crippen molar-refractivity contribution in [3.63, 3.8) is 0 Å². The average molecular weight is 409 g/mol. The molecule has 0 bridgehead atoms. The van der Waals surface area contributed by atoms with Gasteiger partial charge in [0.05, 0.1) is 18.8 Å². The molecule has 0 fully saturated rings. The third-order valence-electron chi connectivity index (χ3n) is 5.60. The molecule has 0 spiro atoms. The van der Waals surface area contributed by atoms with Gasteiger partial charge in [-0.1, -0.05) is 6.07 Å². The van der Waals surface area contributed by atoms with Gasteiger partial charge in [0.25, 0.3) is 11.8 Å². The zero-order valence-electron chi connectivity index (χ0n) is 16.2. The topological polar surface area (TPSA) is 109 Å². The molecular formula is C20H20FN7O2. The number of carbonyl (C=O) groups is 2. The first-order chi connectivity index (χ1) is 14.6. The third-order valence-corrected chi connectivity index (χ3v) is 5.60. The van der Waals surface area contributed by atoms with Crippen LogP contribution in [0.15, 0.2) is 24.3 Å². The molecule has 0 saturated carbocycles. The second-order valence-corrected chi connectivity index (χ2v) is 7.49. The molecule has 5 rings (SSSR count). The Kier molecular flexibility index (Phi) is 4.53. The number of nitrogens with zero attached hydrogens (tertiary/aromatic N) is 5. The Morgan fingerprint density at radius 3 is 2.97 bits per heavy atom. The molecule has 0 atom stereocenters. The van der Waals surface area contributed by atoms with Crippen LogP contribution in [-0.4, -0.2) is 48.2 Å². The van der Waals surface area contributed by atoms with Crippen LogP contribution in [-0.2, 0) is 32.5 Å². The van der Waals surface area contributed by atoms with Gasteiger partial charge in [0, 0.05) is 30.6 Å². The van der Waals surface area contributed by atoms with Crippen molar-refractivity contribution in [3.05, 3.63) is 64.2 Å². The fourth-order valence-electron chi connectivity index (χ4n) is 4.07. The summed E-state index contributed by atoms with van der Waals surface area (Å²) in [5, 5.41) is 18.2. The lowest BCUT2D eigenvalue weighted by Gasteiger charge is -2.27. The van der Waals surface area contributed by atoms with Crippen LogP contribution < -0.4 is 5.32 Å². The molecule has 2 amide bonds. The summed E-state index contributed by atoms with van der Waals surface area (Å²) in [6, 6.07) is 5.64. The number of H-pyrrole nitrogens is 1. The highest BCUT2D eigenvalue weighted by atomic mass is 19.1. The summed E-state index contributed by atoms with van der Waals surface area (Å²) in [6.45, 7) is 1.89. The Morgan fingerprint density at radius 1 is 1.20 bits per heavy atom. The number of amides is 2. The monoisotopic (exact) mass is 409 g/mol. The molecule has 2 N–H and O–H groups in total. The number of hydrogen-bond donors (Lipinski definition) is 2. The van der Waals surface area contributed by atoms with Gasteiger partial charge in [-0.3, -0.25) is 14.7 Å². The van der Waals surface area contributed by atoms with Crippen LogP contribution in [0, 0.1) is 5.82 Å². The highest BCUT2D eigenvalue weighted by molar-refractivity contribution is 5.95. The number of carbonyl (C=O) groups excluding carboxylic acids is 2. The van der Waals surface area contributed by atoms with Crippen molar-refractivity contribution in [2.75, 3.05) is 6.54 Å². The fraction of sp³-hybridized carbons (Fsp3) is 0.350. The lowest BCUT2D eigenvalue weighted by atomic mass is 10.0. The first-order valence-corrected chi connectivity index (χ1v) is 9.90. The smallest absolute Gasteiger partial charge is 0.272 e. The van der Waals surface area contributed by atoms with Crippen LogP contribution in [0.1, 0.15) is 50.2 Å². The van der Waals surface area contributed by atoms with Gasteiger partial charge in [0.1, 0.15) is 11.6 Å². The summed E-state index contributed by atoms with van der Waals surface area (Å²) in [7, 11) is 0. The highest BCUT2D eigenvalue weighted by Gasteiger charge is 2.28. The quantitative estimate of drug-likeness (QED) is 0.673. The highest BCUT2D eigenvalue weighted by Crippen LogP contribution is 2.22. The van der Waals surface area contributed by atoms with Crippen LogP contribution in [0.2, 0.25) is 0 Å². The Hall–Kier alpha value is -3.56. The zero-order chi connectivity index (χ0) is 20.7. The number of aromatic nitrogens is 5. The fourth-order valence-corrected chi connectivity index (χ4v) is 4.07. The molecule has 10 heteroatoms. The van der Waals surface area contributed by atoms with Crippen LogP contribution in [0.5, 0.6) is 0 Å². The van der Waals surface area contributed by atoms with Crippen LogP contribution in [0.3, 0.4) is 0 Å². The molecule has 0 saturated heterocycles. The molecule has 2 aliphatic heterocycles. The SMILES string of the molecule is O=C(NCc1nnc2n1CCC2)c1n[nH]c2c1CCN(C(=O)c1cccc(F)c1)C2. The zero-order valence-corrected chi connectivity index (χ0v) is 16.2. The number of halogens is 1. The molecule has 0 radical (unpaired) electrons. The maximum Gasteiger partial charge on any atom is 0.272 e. The molecule has 0 aliphatic carbocycles. The largest absolute Gasteiger partial charge is 0.343 e. The predicted octanol–water partition coefficient (Wildman–Crippen LogP) is 1.22. The normalized spacial score (nSPS) is 15.0. The molecule has 30 heavy (non-hydrogen) atoms. The van der Waals surface area contributed by atoms with Gasteiger partial charge in [-0.05, 0) is 31.0 Å². The number of aromatic amines is 1. The van der Waals surface area contributed by atoms with E-state index < -0.39 is 5.82 Å². The van der Waals surface area contributed by atoms with Crippen molar-refractivity contribution in [2.45, 2.75) is 38.9 Å². The van der Waals surface area contributed by atoms with Gasteiger partial charge < -0.3 is 14.8 Å². The molecule has 2 aromatic heterocycles. The summed E-state index contributed by atoms with van der Waals surface area (Å²) in [5.41, 5.74) is 2.17. The Balaban J connectivity index is 1.26. The number of fused-ring (bicyclic) bond motifs is 2. The van der Waals surface area contributed by atoms with Gasteiger partial charge >= 0.3 is 0 Å². The van der Waals surface area contributed by atoms with E-state index in [4.69, 9.17) is 0 Å². The number of rotatable bonds is 4. The van der Waals surface area contributed by atoms with E-state index in [1.165, 1.54) is 18.2 Å².